The molecule has 2 aliphatic heterocycles. The zero-order valence-corrected chi connectivity index (χ0v) is 30.3. The van der Waals surface area contributed by atoms with Crippen LogP contribution in [0.2, 0.25) is 0 Å². The molecule has 16 heteroatoms. The summed E-state index contributed by atoms with van der Waals surface area (Å²) in [4.78, 5) is 76.9. The molecular weight excluding hydrogens is 724 g/mol. The van der Waals surface area contributed by atoms with Crippen molar-refractivity contribution >= 4 is 35.8 Å². The highest BCUT2D eigenvalue weighted by molar-refractivity contribution is 5.91. The van der Waals surface area contributed by atoms with Gasteiger partial charge in [-0.25, -0.2) is 14.4 Å². The molecule has 2 saturated heterocycles. The third-order valence-electron chi connectivity index (χ3n) is 8.31. The summed E-state index contributed by atoms with van der Waals surface area (Å²) in [6, 6.07) is 23.9. The van der Waals surface area contributed by atoms with Crippen LogP contribution < -0.4 is 0 Å². The molecule has 0 spiro atoms. The summed E-state index contributed by atoms with van der Waals surface area (Å²) in [5, 5.41) is 0. The van der Waals surface area contributed by atoms with Crippen molar-refractivity contribution in [1.29, 1.82) is 0 Å². The maximum absolute atomic E-state index is 13.6. The largest absolute Gasteiger partial charge is 0.456 e. The second kappa shape index (κ2) is 19.1. The molecule has 0 amide bonds. The van der Waals surface area contributed by atoms with Crippen LogP contribution in [0.3, 0.4) is 0 Å². The smallest absolute Gasteiger partial charge is 0.338 e. The fourth-order valence-electron chi connectivity index (χ4n) is 5.94. The van der Waals surface area contributed by atoms with Crippen LogP contribution >= 0.6 is 0 Å². The van der Waals surface area contributed by atoms with Gasteiger partial charge in [0, 0.05) is 27.9 Å². The molecule has 5 rings (SSSR count). The summed E-state index contributed by atoms with van der Waals surface area (Å²) >= 11 is 0. The molecule has 0 radical (unpaired) electrons. The van der Waals surface area contributed by atoms with E-state index in [2.05, 4.69) is 0 Å². The summed E-state index contributed by atoms with van der Waals surface area (Å²) in [6.07, 6.45) is -12.8. The number of carbonyl (C=O) groups is 6. The number of methoxy groups -OCH3 is 1. The third-order valence-corrected chi connectivity index (χ3v) is 8.31. The van der Waals surface area contributed by atoms with Crippen molar-refractivity contribution in [2.75, 3.05) is 20.3 Å². The van der Waals surface area contributed by atoms with E-state index in [0.29, 0.717) is 0 Å². The maximum atomic E-state index is 13.6. The molecule has 0 aromatic heterocycles. The summed E-state index contributed by atoms with van der Waals surface area (Å²) < 4.78 is 57.6. The lowest BCUT2D eigenvalue weighted by Crippen LogP contribution is -2.63. The van der Waals surface area contributed by atoms with Gasteiger partial charge in [0.15, 0.2) is 49.2 Å². The molecule has 0 saturated carbocycles. The average molecular weight is 765 g/mol. The Morgan fingerprint density at radius 1 is 0.527 bits per heavy atom. The van der Waals surface area contributed by atoms with E-state index in [4.69, 9.17) is 47.4 Å². The number of hydrogen-bond donors (Lipinski definition) is 0. The summed E-state index contributed by atoms with van der Waals surface area (Å²) in [5.74, 6) is -4.81. The second-order valence-corrected chi connectivity index (χ2v) is 12.3. The number of esters is 6. The molecule has 0 unspecified atom stereocenters. The summed E-state index contributed by atoms with van der Waals surface area (Å²) in [6.45, 7) is 2.42. The van der Waals surface area contributed by atoms with Gasteiger partial charge in [-0.1, -0.05) is 54.6 Å². The van der Waals surface area contributed by atoms with Crippen LogP contribution in [0.4, 0.5) is 0 Å². The molecule has 3 aromatic rings. The van der Waals surface area contributed by atoms with E-state index in [-0.39, 0.29) is 16.7 Å². The Morgan fingerprint density at radius 3 is 1.42 bits per heavy atom. The molecule has 55 heavy (non-hydrogen) atoms. The van der Waals surface area contributed by atoms with Gasteiger partial charge in [0.05, 0.1) is 29.9 Å². The minimum atomic E-state index is -1.59. The molecule has 2 fully saturated rings. The lowest BCUT2D eigenvalue weighted by Gasteiger charge is -2.45. The SMILES string of the molecule is CO[C@H]1O[C@H](CO[C@@H]2OC[C@@H](OC(=O)c3ccccc3)[C@H](OC(=O)c3ccccc3)[C@H]2OC(=O)c2ccccc2)[C@@H](OC(C)=O)[C@H](OC(C)=O)[C@H]1OC(C)=O. The van der Waals surface area contributed by atoms with Gasteiger partial charge < -0.3 is 47.4 Å². The van der Waals surface area contributed by atoms with Crippen LogP contribution in [0, 0.1) is 0 Å². The molecule has 292 valence electrons. The number of carbonyl (C=O) groups excluding carboxylic acids is 6. The normalized spacial score (nSPS) is 26.1. The average Bonchev–Trinajstić information content (AvgIpc) is 3.17. The van der Waals surface area contributed by atoms with E-state index in [1.807, 2.05) is 0 Å². The number of benzene rings is 3. The van der Waals surface area contributed by atoms with Crippen LogP contribution in [0.25, 0.3) is 0 Å². The Balaban J connectivity index is 1.48. The molecule has 16 nitrogen and oxygen atoms in total. The zero-order valence-electron chi connectivity index (χ0n) is 30.3. The lowest BCUT2D eigenvalue weighted by molar-refractivity contribution is -0.319. The highest BCUT2D eigenvalue weighted by Crippen LogP contribution is 2.32. The van der Waals surface area contributed by atoms with Gasteiger partial charge in [-0.3, -0.25) is 14.4 Å². The lowest BCUT2D eigenvalue weighted by atomic mass is 9.98. The van der Waals surface area contributed by atoms with Crippen molar-refractivity contribution in [2.24, 2.45) is 0 Å². The van der Waals surface area contributed by atoms with Crippen LogP contribution in [0.15, 0.2) is 91.0 Å². The molecule has 0 aliphatic carbocycles. The Morgan fingerprint density at radius 2 is 0.945 bits per heavy atom. The van der Waals surface area contributed by atoms with E-state index in [1.165, 1.54) is 43.5 Å². The van der Waals surface area contributed by atoms with Crippen molar-refractivity contribution in [3.8, 4) is 0 Å². The predicted octanol–water partition coefficient (Wildman–Crippen LogP) is 3.20. The monoisotopic (exact) mass is 764 g/mol. The quantitative estimate of drug-likeness (QED) is 0.182. The molecule has 9 atom stereocenters. The van der Waals surface area contributed by atoms with Gasteiger partial charge in [-0.15, -0.1) is 0 Å². The summed E-state index contributed by atoms with van der Waals surface area (Å²) in [5.41, 5.74) is 0.476. The topological polar surface area (TPSA) is 195 Å². The van der Waals surface area contributed by atoms with Gasteiger partial charge in [-0.2, -0.15) is 0 Å². The van der Waals surface area contributed by atoms with Gasteiger partial charge in [-0.05, 0) is 36.4 Å². The van der Waals surface area contributed by atoms with Crippen molar-refractivity contribution in [2.45, 2.75) is 76.1 Å². The molecule has 2 heterocycles. The molecule has 2 aliphatic rings. The Bertz CT molecular complexity index is 1780. The Hall–Kier alpha value is -5.68. The first-order valence-electron chi connectivity index (χ1n) is 17.2. The highest BCUT2D eigenvalue weighted by atomic mass is 16.8. The van der Waals surface area contributed by atoms with Gasteiger partial charge in [0.1, 0.15) is 6.10 Å². The fourth-order valence-corrected chi connectivity index (χ4v) is 5.94. The van der Waals surface area contributed by atoms with Crippen molar-refractivity contribution < 1.29 is 76.1 Å². The summed E-state index contributed by atoms with van der Waals surface area (Å²) in [7, 11) is 1.25. The first-order valence-corrected chi connectivity index (χ1v) is 17.2. The molecular formula is C39H40O16. The first kappa shape index (κ1) is 40.5. The van der Waals surface area contributed by atoms with Crippen LogP contribution in [0.5, 0.6) is 0 Å². The molecule has 3 aromatic carbocycles. The zero-order chi connectivity index (χ0) is 39.5. The first-order chi connectivity index (χ1) is 26.4. The van der Waals surface area contributed by atoms with Crippen molar-refractivity contribution in [3.63, 3.8) is 0 Å². The molecule has 0 N–H and O–H groups in total. The number of hydrogen-bond acceptors (Lipinski definition) is 16. The highest BCUT2D eigenvalue weighted by Gasteiger charge is 2.54. The van der Waals surface area contributed by atoms with Gasteiger partial charge in [0.2, 0.25) is 0 Å². The van der Waals surface area contributed by atoms with E-state index in [0.717, 1.165) is 20.8 Å². The Labute approximate surface area is 315 Å². The van der Waals surface area contributed by atoms with E-state index < -0.39 is 104 Å². The van der Waals surface area contributed by atoms with Crippen LogP contribution in [-0.4, -0.2) is 111 Å². The third kappa shape index (κ3) is 10.7. The van der Waals surface area contributed by atoms with Crippen LogP contribution in [0.1, 0.15) is 51.8 Å². The Kier molecular flexibility index (Phi) is 14.0. The fraction of sp³-hybridized carbons (Fsp3) is 0.385. The number of ether oxygens (including phenoxy) is 10. The van der Waals surface area contributed by atoms with E-state index in [9.17, 15) is 28.8 Å². The second-order valence-electron chi connectivity index (χ2n) is 12.3. The maximum Gasteiger partial charge on any atom is 0.338 e. The van der Waals surface area contributed by atoms with Crippen molar-refractivity contribution in [1.82, 2.24) is 0 Å². The van der Waals surface area contributed by atoms with Crippen molar-refractivity contribution in [3.05, 3.63) is 108 Å². The minimum absolute atomic E-state index is 0.131. The van der Waals surface area contributed by atoms with E-state index in [1.54, 1.807) is 54.6 Å². The standard InChI is InChI=1S/C39H40O16/c1-22(40)49-30-29(53-38(46-4)34(51-24(3)42)32(30)50-23(2)41)21-48-39-33(55-37(45)27-18-12-7-13-19-27)31(54-36(44)26-16-10-6-11-17-26)28(20-47-39)52-35(43)25-14-8-5-9-15-25/h5-19,28-34,38-39H,20-21H2,1-4H3/t28-,29-,30-,31+,32+,33-,34-,38+,39+/m1/s1. The van der Waals surface area contributed by atoms with E-state index >= 15 is 0 Å². The van der Waals surface area contributed by atoms with Gasteiger partial charge >= 0.3 is 35.8 Å². The number of rotatable bonds is 13. The molecule has 0 bridgehead atoms. The van der Waals surface area contributed by atoms with Crippen LogP contribution in [-0.2, 0) is 61.8 Å². The predicted molar refractivity (Wildman–Crippen MR) is 185 cm³/mol. The minimum Gasteiger partial charge on any atom is -0.456 e. The van der Waals surface area contributed by atoms with Gasteiger partial charge in [0.25, 0.3) is 0 Å².